The highest BCUT2D eigenvalue weighted by molar-refractivity contribution is 7.21. The summed E-state index contributed by atoms with van der Waals surface area (Å²) >= 11 is 7.53. The molecule has 5 rings (SSSR count). The van der Waals surface area contributed by atoms with E-state index in [4.69, 9.17) is 21.3 Å². The molecule has 0 atom stereocenters. The summed E-state index contributed by atoms with van der Waals surface area (Å²) in [6.45, 7) is 6.13. The van der Waals surface area contributed by atoms with E-state index in [-0.39, 0.29) is 11.2 Å². The lowest BCUT2D eigenvalue weighted by Crippen LogP contribution is -2.26. The van der Waals surface area contributed by atoms with Crippen LogP contribution in [0.15, 0.2) is 30.5 Å². The van der Waals surface area contributed by atoms with E-state index < -0.39 is 0 Å². The number of halogens is 1. The molecule has 2 N–H and O–H groups in total. The third-order valence-corrected chi connectivity index (χ3v) is 7.05. The average Bonchev–Trinajstić information content (AvgIpc) is 3.07. The smallest absolute Gasteiger partial charge is 0.263 e. The van der Waals surface area contributed by atoms with E-state index in [1.807, 2.05) is 31.3 Å². The van der Waals surface area contributed by atoms with Gasteiger partial charge in [-0.1, -0.05) is 0 Å². The predicted octanol–water partition coefficient (Wildman–Crippen LogP) is 4.68. The van der Waals surface area contributed by atoms with E-state index in [1.165, 1.54) is 11.3 Å². The fourth-order valence-corrected chi connectivity index (χ4v) is 4.97. The van der Waals surface area contributed by atoms with E-state index in [0.717, 1.165) is 32.2 Å². The largest absolute Gasteiger partial charge is 0.420 e. The molecular weight excluding hydrogens is 460 g/mol. The van der Waals surface area contributed by atoms with Crippen molar-refractivity contribution in [2.45, 2.75) is 26.4 Å². The third-order valence-electron chi connectivity index (χ3n) is 5.71. The second-order valence-corrected chi connectivity index (χ2v) is 9.61. The summed E-state index contributed by atoms with van der Waals surface area (Å²) < 4.78 is 7.11. The first-order valence-electron chi connectivity index (χ1n) is 10.7. The molecule has 0 saturated heterocycles. The Balaban J connectivity index is 1.54. The van der Waals surface area contributed by atoms with Crippen molar-refractivity contribution in [3.8, 4) is 11.8 Å². The number of carbonyl (C=O) groups excluding carboxylic acids is 1. The van der Waals surface area contributed by atoms with Gasteiger partial charge in [-0.15, -0.1) is 11.3 Å². The molecule has 0 fully saturated rings. The number of hydrogen-bond donors (Lipinski definition) is 2. The normalized spacial score (nSPS) is 13.8. The van der Waals surface area contributed by atoms with Crippen LogP contribution in [-0.2, 0) is 6.54 Å². The second kappa shape index (κ2) is 8.74. The Kier molecular flexibility index (Phi) is 5.77. The van der Waals surface area contributed by atoms with Gasteiger partial charge >= 0.3 is 0 Å². The van der Waals surface area contributed by atoms with Crippen LogP contribution in [0, 0.1) is 0 Å². The highest BCUT2D eigenvalue weighted by Crippen LogP contribution is 2.41. The first-order chi connectivity index (χ1) is 15.9. The maximum Gasteiger partial charge on any atom is 0.263 e. The molecule has 1 aromatic carbocycles. The minimum atomic E-state index is -0.0446. The molecule has 33 heavy (non-hydrogen) atoms. The number of nitrogens with one attached hydrogen (secondary N) is 2. The standard InChI is InChI=1S/C23H23ClN6O2S/c1-12(2)30(3)11-13-10-27-23(24)29-22(13)32-17-7-4-14-15(28-17)5-6-16-18(14)19-20(33-16)21(31)26-9-8-25-19/h4-7,10,12,25H,8-9,11H2,1-3H3,(H,26,31). The van der Waals surface area contributed by atoms with Crippen LogP contribution in [0.1, 0.15) is 29.1 Å². The zero-order valence-electron chi connectivity index (χ0n) is 18.5. The van der Waals surface area contributed by atoms with Crippen LogP contribution >= 0.6 is 22.9 Å². The number of fused-ring (bicyclic) bond motifs is 5. The number of aromatic nitrogens is 3. The van der Waals surface area contributed by atoms with E-state index in [9.17, 15) is 4.79 Å². The maximum absolute atomic E-state index is 12.4. The molecule has 4 heterocycles. The topological polar surface area (TPSA) is 92.3 Å². The average molecular weight is 483 g/mol. The molecule has 0 aliphatic carbocycles. The van der Waals surface area contributed by atoms with Crippen molar-refractivity contribution < 1.29 is 9.53 Å². The summed E-state index contributed by atoms with van der Waals surface area (Å²) in [5.74, 6) is 0.757. The monoisotopic (exact) mass is 482 g/mol. The molecule has 0 unspecified atom stereocenters. The van der Waals surface area contributed by atoms with Gasteiger partial charge in [0.25, 0.3) is 5.91 Å². The summed E-state index contributed by atoms with van der Waals surface area (Å²) in [5, 5.41) is 8.41. The SMILES string of the molecule is CC(C)N(C)Cc1cnc(Cl)nc1Oc1ccc2c(ccc3sc4c(c32)NCCNC4=O)n1. The summed E-state index contributed by atoms with van der Waals surface area (Å²) in [6.07, 6.45) is 1.69. The summed E-state index contributed by atoms with van der Waals surface area (Å²) in [4.78, 5) is 28.4. The molecule has 0 spiro atoms. The summed E-state index contributed by atoms with van der Waals surface area (Å²) in [7, 11) is 2.03. The molecule has 1 amide bonds. The Hall–Kier alpha value is -3.01. The van der Waals surface area contributed by atoms with Crippen molar-refractivity contribution in [2.75, 3.05) is 25.5 Å². The van der Waals surface area contributed by atoms with Crippen molar-refractivity contribution in [1.29, 1.82) is 0 Å². The maximum atomic E-state index is 12.4. The molecule has 3 aromatic heterocycles. The minimum absolute atomic E-state index is 0.0446. The Morgan fingerprint density at radius 3 is 2.82 bits per heavy atom. The highest BCUT2D eigenvalue weighted by atomic mass is 35.5. The predicted molar refractivity (Wildman–Crippen MR) is 132 cm³/mol. The molecule has 0 saturated carbocycles. The lowest BCUT2D eigenvalue weighted by atomic mass is 10.1. The molecular formula is C23H23ClN6O2S. The van der Waals surface area contributed by atoms with Gasteiger partial charge in [0.1, 0.15) is 4.88 Å². The van der Waals surface area contributed by atoms with Gasteiger partial charge in [0.15, 0.2) is 0 Å². The first kappa shape index (κ1) is 21.8. The quantitative estimate of drug-likeness (QED) is 0.399. The van der Waals surface area contributed by atoms with Gasteiger partial charge in [-0.2, -0.15) is 4.98 Å². The first-order valence-corrected chi connectivity index (χ1v) is 11.9. The highest BCUT2D eigenvalue weighted by Gasteiger charge is 2.22. The lowest BCUT2D eigenvalue weighted by molar-refractivity contribution is 0.0962. The van der Waals surface area contributed by atoms with Crippen LogP contribution in [0.2, 0.25) is 5.28 Å². The van der Waals surface area contributed by atoms with Crippen molar-refractivity contribution in [1.82, 2.24) is 25.2 Å². The van der Waals surface area contributed by atoms with Crippen LogP contribution < -0.4 is 15.4 Å². The molecule has 0 radical (unpaired) electrons. The van der Waals surface area contributed by atoms with E-state index >= 15 is 0 Å². The van der Waals surface area contributed by atoms with Crippen LogP contribution in [-0.4, -0.2) is 51.9 Å². The van der Waals surface area contributed by atoms with Gasteiger partial charge < -0.3 is 15.4 Å². The van der Waals surface area contributed by atoms with Gasteiger partial charge in [-0.05, 0) is 50.7 Å². The van der Waals surface area contributed by atoms with Gasteiger partial charge in [-0.25, -0.2) is 9.97 Å². The van der Waals surface area contributed by atoms with Crippen LogP contribution in [0.3, 0.4) is 0 Å². The number of ether oxygens (including phenoxy) is 1. The number of pyridine rings is 1. The molecule has 8 nitrogen and oxygen atoms in total. The Labute approximate surface area is 200 Å². The third kappa shape index (κ3) is 4.19. The number of anilines is 1. The van der Waals surface area contributed by atoms with Gasteiger partial charge in [0.05, 0.1) is 11.2 Å². The van der Waals surface area contributed by atoms with Gasteiger partial charge in [0, 0.05) is 59.0 Å². The summed E-state index contributed by atoms with van der Waals surface area (Å²) in [5.41, 5.74) is 2.46. The van der Waals surface area contributed by atoms with Crippen molar-refractivity contribution >= 4 is 55.5 Å². The number of benzene rings is 1. The van der Waals surface area contributed by atoms with Crippen molar-refractivity contribution in [2.24, 2.45) is 0 Å². The Morgan fingerprint density at radius 2 is 2.00 bits per heavy atom. The van der Waals surface area contributed by atoms with Crippen LogP contribution in [0.5, 0.6) is 11.8 Å². The van der Waals surface area contributed by atoms with E-state index in [1.54, 1.807) is 6.20 Å². The zero-order chi connectivity index (χ0) is 23.1. The van der Waals surface area contributed by atoms with Gasteiger partial charge in [0.2, 0.25) is 17.0 Å². The molecule has 10 heteroatoms. The molecule has 4 aromatic rings. The number of carbonyl (C=O) groups is 1. The number of rotatable bonds is 5. The summed E-state index contributed by atoms with van der Waals surface area (Å²) in [6, 6.07) is 8.08. The fraction of sp³-hybridized carbons (Fsp3) is 0.304. The lowest BCUT2D eigenvalue weighted by Gasteiger charge is -2.21. The minimum Gasteiger partial charge on any atom is -0.420 e. The van der Waals surface area contributed by atoms with Gasteiger partial charge in [-0.3, -0.25) is 9.69 Å². The molecule has 1 aliphatic rings. The van der Waals surface area contributed by atoms with E-state index in [2.05, 4.69) is 39.3 Å². The fourth-order valence-electron chi connectivity index (χ4n) is 3.73. The number of amides is 1. The number of nitrogens with zero attached hydrogens (tertiary/aromatic N) is 4. The van der Waals surface area contributed by atoms with Crippen molar-refractivity contribution in [3.05, 3.63) is 46.2 Å². The molecule has 170 valence electrons. The molecule has 0 bridgehead atoms. The second-order valence-electron chi connectivity index (χ2n) is 8.22. The van der Waals surface area contributed by atoms with E-state index in [0.29, 0.717) is 42.3 Å². The number of hydrogen-bond acceptors (Lipinski definition) is 8. The van der Waals surface area contributed by atoms with Crippen LogP contribution in [0.25, 0.3) is 21.0 Å². The Morgan fingerprint density at radius 1 is 1.18 bits per heavy atom. The molecule has 1 aliphatic heterocycles. The number of thiophene rings is 1. The van der Waals surface area contributed by atoms with Crippen molar-refractivity contribution in [3.63, 3.8) is 0 Å². The Bertz CT molecular complexity index is 1370. The zero-order valence-corrected chi connectivity index (χ0v) is 20.0. The van der Waals surface area contributed by atoms with Crippen LogP contribution in [0.4, 0.5) is 5.69 Å².